The van der Waals surface area contributed by atoms with E-state index in [-0.39, 0.29) is 23.0 Å². The fourth-order valence-electron chi connectivity index (χ4n) is 2.91. The van der Waals surface area contributed by atoms with Gasteiger partial charge in [0, 0.05) is 13.1 Å². The predicted molar refractivity (Wildman–Crippen MR) is 141 cm³/mol. The van der Waals surface area contributed by atoms with Crippen molar-refractivity contribution in [1.82, 2.24) is 25.3 Å². The number of nitrogens with one attached hydrogen (secondary N) is 2. The number of aromatic nitrogens is 4. The molecule has 0 bridgehead atoms. The minimum absolute atomic E-state index is 0.117. The molecule has 2 heterocycles. The van der Waals surface area contributed by atoms with Crippen LogP contribution in [0.2, 0.25) is 0 Å². The molecule has 0 radical (unpaired) electrons. The van der Waals surface area contributed by atoms with E-state index < -0.39 is 0 Å². The molecule has 9 nitrogen and oxygen atoms in total. The van der Waals surface area contributed by atoms with Gasteiger partial charge in [-0.2, -0.15) is 4.98 Å². The molecular formula is C26H37N7O2. The average molecular weight is 480 g/mol. The number of methoxy groups -OCH3 is 1. The third-order valence-electron chi connectivity index (χ3n) is 5.65. The first-order valence-corrected chi connectivity index (χ1v) is 11.6. The van der Waals surface area contributed by atoms with Crippen LogP contribution in [0.1, 0.15) is 47.0 Å². The number of hydrogen-bond donors (Lipinski definition) is 3. The molecule has 2 aromatic heterocycles. The van der Waals surface area contributed by atoms with Crippen molar-refractivity contribution in [3.8, 4) is 6.01 Å². The molecule has 0 saturated carbocycles. The summed E-state index contributed by atoms with van der Waals surface area (Å²) in [7, 11) is 1.51. The van der Waals surface area contributed by atoms with E-state index in [1.165, 1.54) is 13.4 Å². The number of anilines is 1. The maximum atomic E-state index is 12.4. The van der Waals surface area contributed by atoms with Gasteiger partial charge in [0.2, 0.25) is 0 Å². The van der Waals surface area contributed by atoms with Gasteiger partial charge < -0.3 is 21.1 Å². The smallest absolute Gasteiger partial charge is 0.316 e. The fourth-order valence-corrected chi connectivity index (χ4v) is 2.91. The lowest BCUT2D eigenvalue weighted by Gasteiger charge is -2.20. The summed E-state index contributed by atoms with van der Waals surface area (Å²) in [6.07, 6.45) is 13.1. The number of nitrogens with two attached hydrogens (primary N) is 1. The maximum Gasteiger partial charge on any atom is 0.316 e. The normalized spacial score (nSPS) is 13.0. The number of rotatable bonds is 13. The molecule has 0 aliphatic carbocycles. The van der Waals surface area contributed by atoms with Crippen molar-refractivity contribution in [2.75, 3.05) is 25.5 Å². The number of fused-ring (bicyclic) bond motifs is 1. The number of carbonyl (C=O) groups is 1. The van der Waals surface area contributed by atoms with Gasteiger partial charge in [0.05, 0.1) is 19.0 Å². The summed E-state index contributed by atoms with van der Waals surface area (Å²) in [5.41, 5.74) is 9.63. The van der Waals surface area contributed by atoms with Crippen LogP contribution in [0.4, 0.5) is 5.82 Å². The summed E-state index contributed by atoms with van der Waals surface area (Å²) in [6, 6.07) is 0.256. The standard InChI is InChI=1S/C26H37N7O2/c1-7-9-19(15-29-24(34)20(27)12-13-26(4,5)8-2)11-10-18(3)14-28-23-22-21(31-17-32-23)16-30-25(33-22)35-6/h7,10-12,16-17H,1,8-9,13-15,27H2,2-6H3,(H,29,34)(H,28,31,32)/b18-10-,19-11+,20-12-. The van der Waals surface area contributed by atoms with E-state index in [0.717, 1.165) is 24.0 Å². The van der Waals surface area contributed by atoms with Crippen molar-refractivity contribution in [3.63, 3.8) is 0 Å². The van der Waals surface area contributed by atoms with Crippen LogP contribution in [0.3, 0.4) is 0 Å². The molecule has 188 valence electrons. The third-order valence-corrected chi connectivity index (χ3v) is 5.65. The topological polar surface area (TPSA) is 128 Å². The lowest BCUT2D eigenvalue weighted by molar-refractivity contribution is -0.117. The van der Waals surface area contributed by atoms with Crippen LogP contribution in [0.5, 0.6) is 6.01 Å². The molecule has 0 aliphatic heterocycles. The molecular weight excluding hydrogens is 442 g/mol. The Hall–Kier alpha value is -3.75. The molecule has 9 heteroatoms. The monoisotopic (exact) mass is 479 g/mol. The summed E-state index contributed by atoms with van der Waals surface area (Å²) in [4.78, 5) is 29.3. The molecule has 2 rings (SSSR count). The highest BCUT2D eigenvalue weighted by molar-refractivity contribution is 5.92. The second-order valence-electron chi connectivity index (χ2n) is 9.06. The Balaban J connectivity index is 2.01. The summed E-state index contributed by atoms with van der Waals surface area (Å²) in [6.45, 7) is 13.2. The zero-order valence-electron chi connectivity index (χ0n) is 21.4. The highest BCUT2D eigenvalue weighted by Gasteiger charge is 2.14. The highest BCUT2D eigenvalue weighted by atomic mass is 16.5. The summed E-state index contributed by atoms with van der Waals surface area (Å²) in [5.74, 6) is 0.335. The van der Waals surface area contributed by atoms with Crippen molar-refractivity contribution >= 4 is 22.8 Å². The summed E-state index contributed by atoms with van der Waals surface area (Å²) >= 11 is 0. The highest BCUT2D eigenvalue weighted by Crippen LogP contribution is 2.25. The van der Waals surface area contributed by atoms with Gasteiger partial charge in [-0.1, -0.05) is 57.1 Å². The molecule has 1 amide bonds. The van der Waals surface area contributed by atoms with Crippen molar-refractivity contribution in [3.05, 3.63) is 60.3 Å². The first-order valence-electron chi connectivity index (χ1n) is 11.6. The minimum Gasteiger partial charge on any atom is -0.467 e. The second kappa shape index (κ2) is 13.2. The molecule has 2 aromatic rings. The van der Waals surface area contributed by atoms with Gasteiger partial charge in [-0.15, -0.1) is 6.58 Å². The Labute approximate surface area is 207 Å². The van der Waals surface area contributed by atoms with Crippen molar-refractivity contribution in [1.29, 1.82) is 0 Å². The number of ether oxygens (including phenoxy) is 1. The molecule has 0 unspecified atom stereocenters. The number of carbonyl (C=O) groups excluding carboxylic acids is 1. The Kier molecular flexibility index (Phi) is 10.4. The quantitative estimate of drug-likeness (QED) is 0.223. The van der Waals surface area contributed by atoms with Crippen LogP contribution >= 0.6 is 0 Å². The van der Waals surface area contributed by atoms with E-state index in [0.29, 0.717) is 36.4 Å². The zero-order chi connectivity index (χ0) is 25.8. The number of nitrogens with zero attached hydrogens (tertiary/aromatic N) is 4. The van der Waals surface area contributed by atoms with Crippen molar-refractivity contribution in [2.45, 2.75) is 47.0 Å². The van der Waals surface area contributed by atoms with Gasteiger partial charge >= 0.3 is 6.01 Å². The van der Waals surface area contributed by atoms with Crippen LogP contribution in [0, 0.1) is 5.41 Å². The molecule has 0 aromatic carbocycles. The largest absolute Gasteiger partial charge is 0.467 e. The summed E-state index contributed by atoms with van der Waals surface area (Å²) in [5, 5.41) is 6.18. The van der Waals surface area contributed by atoms with Crippen LogP contribution in [0.15, 0.2) is 60.3 Å². The minimum atomic E-state index is -0.262. The van der Waals surface area contributed by atoms with Gasteiger partial charge in [0.1, 0.15) is 17.4 Å². The number of hydrogen-bond acceptors (Lipinski definition) is 8. The Morgan fingerprint density at radius 1 is 1.23 bits per heavy atom. The van der Waals surface area contributed by atoms with Crippen LogP contribution < -0.4 is 21.1 Å². The lowest BCUT2D eigenvalue weighted by Crippen LogP contribution is -2.30. The summed E-state index contributed by atoms with van der Waals surface area (Å²) < 4.78 is 5.10. The van der Waals surface area contributed by atoms with Gasteiger partial charge in [0.25, 0.3) is 5.91 Å². The molecule has 35 heavy (non-hydrogen) atoms. The molecule has 4 N–H and O–H groups in total. The Morgan fingerprint density at radius 2 is 2.00 bits per heavy atom. The second-order valence-corrected chi connectivity index (χ2v) is 9.06. The number of amides is 1. The van der Waals surface area contributed by atoms with Crippen LogP contribution in [-0.4, -0.2) is 46.0 Å². The van der Waals surface area contributed by atoms with Crippen molar-refractivity contribution in [2.24, 2.45) is 11.1 Å². The molecule has 0 aliphatic rings. The van der Waals surface area contributed by atoms with E-state index in [1.54, 1.807) is 6.20 Å². The Bertz CT molecular complexity index is 1120. The lowest BCUT2D eigenvalue weighted by atomic mass is 9.86. The Morgan fingerprint density at radius 3 is 2.69 bits per heavy atom. The fraction of sp³-hybridized carbons (Fsp3) is 0.423. The third kappa shape index (κ3) is 8.84. The van der Waals surface area contributed by atoms with E-state index in [4.69, 9.17) is 10.5 Å². The maximum absolute atomic E-state index is 12.4. The van der Waals surface area contributed by atoms with Crippen LogP contribution in [0.25, 0.3) is 11.0 Å². The van der Waals surface area contributed by atoms with E-state index in [2.05, 4.69) is 57.9 Å². The van der Waals surface area contributed by atoms with Gasteiger partial charge in [-0.25, -0.2) is 15.0 Å². The number of allylic oxidation sites excluding steroid dienone is 4. The van der Waals surface area contributed by atoms with Gasteiger partial charge in [-0.3, -0.25) is 4.79 Å². The van der Waals surface area contributed by atoms with Gasteiger partial charge in [0.15, 0.2) is 5.82 Å². The van der Waals surface area contributed by atoms with Crippen molar-refractivity contribution < 1.29 is 9.53 Å². The SMILES string of the molecule is C=CC/C(=C\C=C(\C)CNc1ncnc2cnc(OC)nc12)CNC(=O)/C(N)=C/CC(C)(C)CC. The zero-order valence-corrected chi connectivity index (χ0v) is 21.4. The molecule has 0 fully saturated rings. The first-order chi connectivity index (χ1) is 16.7. The molecule has 0 saturated heterocycles. The van der Waals surface area contributed by atoms with Gasteiger partial charge in [-0.05, 0) is 30.8 Å². The van der Waals surface area contributed by atoms with Crippen LogP contribution in [-0.2, 0) is 4.79 Å². The average Bonchev–Trinajstić information content (AvgIpc) is 2.86. The molecule has 0 atom stereocenters. The molecule has 0 spiro atoms. The van der Waals surface area contributed by atoms with E-state index >= 15 is 0 Å². The predicted octanol–water partition coefficient (Wildman–Crippen LogP) is 4.07. The van der Waals surface area contributed by atoms with E-state index in [1.807, 2.05) is 31.2 Å². The van der Waals surface area contributed by atoms with E-state index in [9.17, 15) is 4.79 Å². The first kappa shape index (κ1) is 27.5.